The van der Waals surface area contributed by atoms with Gasteiger partial charge in [-0.3, -0.25) is 0 Å². The van der Waals surface area contributed by atoms with Gasteiger partial charge in [-0.1, -0.05) is 12.8 Å². The molecule has 3 nitrogen and oxygen atoms in total. The number of hydrogen-bond donors (Lipinski definition) is 1. The van der Waals surface area contributed by atoms with Crippen LogP contribution in [0.3, 0.4) is 0 Å². The van der Waals surface area contributed by atoms with E-state index in [0.717, 1.165) is 18.2 Å². The maximum atomic E-state index is 6.14. The molecule has 1 aromatic rings. The number of ether oxygens (including phenoxy) is 1. The molecule has 1 aliphatic rings. The summed E-state index contributed by atoms with van der Waals surface area (Å²) in [5, 5.41) is 0. The summed E-state index contributed by atoms with van der Waals surface area (Å²) in [7, 11) is 3.78. The largest absolute Gasteiger partial charge is 0.497 e. The zero-order valence-electron chi connectivity index (χ0n) is 10.7. The highest BCUT2D eigenvalue weighted by Crippen LogP contribution is 2.33. The third-order valence-electron chi connectivity index (χ3n) is 3.35. The van der Waals surface area contributed by atoms with Crippen molar-refractivity contribution >= 4 is 5.69 Å². The zero-order valence-corrected chi connectivity index (χ0v) is 10.7. The Bertz CT molecular complexity index is 346. The highest BCUT2D eigenvalue weighted by Gasteiger charge is 2.24. The molecule has 3 heteroatoms. The molecule has 2 rings (SSSR count). The Morgan fingerprint density at radius 1 is 1.35 bits per heavy atom. The average Bonchev–Trinajstić information content (AvgIpc) is 3.12. The Kier molecular flexibility index (Phi) is 3.89. The minimum atomic E-state index is 0.287. The van der Waals surface area contributed by atoms with Gasteiger partial charge in [0.05, 0.1) is 7.11 Å². The van der Waals surface area contributed by atoms with Crippen molar-refractivity contribution in [2.75, 3.05) is 25.6 Å². The van der Waals surface area contributed by atoms with Crippen molar-refractivity contribution in [3.63, 3.8) is 0 Å². The number of likely N-dealkylation sites (N-methyl/N-ethyl adjacent to an activating group) is 1. The summed E-state index contributed by atoms with van der Waals surface area (Å²) in [6.45, 7) is 0.919. The molecule has 1 atom stereocenters. The van der Waals surface area contributed by atoms with E-state index in [-0.39, 0.29) is 6.04 Å². The molecule has 2 N–H and O–H groups in total. The highest BCUT2D eigenvalue weighted by molar-refractivity contribution is 5.48. The van der Waals surface area contributed by atoms with Crippen molar-refractivity contribution in [3.8, 4) is 5.75 Å². The lowest BCUT2D eigenvalue weighted by Crippen LogP contribution is -2.35. The summed E-state index contributed by atoms with van der Waals surface area (Å²) in [4.78, 5) is 2.21. The van der Waals surface area contributed by atoms with E-state index in [0.29, 0.717) is 0 Å². The lowest BCUT2D eigenvalue weighted by molar-refractivity contribution is 0.415. The Labute approximate surface area is 104 Å². The van der Waals surface area contributed by atoms with Crippen LogP contribution >= 0.6 is 0 Å². The number of benzene rings is 1. The molecule has 1 saturated carbocycles. The molecule has 0 heterocycles. The van der Waals surface area contributed by atoms with Crippen LogP contribution in [0.4, 0.5) is 5.69 Å². The molecule has 0 saturated heterocycles. The van der Waals surface area contributed by atoms with Crippen LogP contribution in [0.2, 0.25) is 0 Å². The van der Waals surface area contributed by atoms with E-state index >= 15 is 0 Å². The number of rotatable bonds is 6. The van der Waals surface area contributed by atoms with Crippen LogP contribution in [0.5, 0.6) is 5.75 Å². The van der Waals surface area contributed by atoms with Gasteiger partial charge >= 0.3 is 0 Å². The molecule has 1 aliphatic carbocycles. The van der Waals surface area contributed by atoms with E-state index < -0.39 is 0 Å². The molecule has 0 radical (unpaired) electrons. The number of anilines is 1. The molecule has 17 heavy (non-hydrogen) atoms. The first-order valence-electron chi connectivity index (χ1n) is 6.30. The maximum absolute atomic E-state index is 6.14. The molecular weight excluding hydrogens is 212 g/mol. The Hall–Kier alpha value is -1.22. The topological polar surface area (TPSA) is 38.5 Å². The molecule has 1 aromatic carbocycles. The minimum absolute atomic E-state index is 0.287. The van der Waals surface area contributed by atoms with Crippen LogP contribution in [0.1, 0.15) is 19.3 Å². The quantitative estimate of drug-likeness (QED) is 0.820. The van der Waals surface area contributed by atoms with Crippen molar-refractivity contribution in [2.24, 2.45) is 11.7 Å². The molecule has 94 valence electrons. The second kappa shape index (κ2) is 5.41. The van der Waals surface area contributed by atoms with Gasteiger partial charge in [0.2, 0.25) is 0 Å². The Morgan fingerprint density at radius 3 is 2.53 bits per heavy atom. The van der Waals surface area contributed by atoms with Gasteiger partial charge < -0.3 is 15.4 Å². The predicted molar refractivity (Wildman–Crippen MR) is 71.6 cm³/mol. The Morgan fingerprint density at radius 2 is 2.00 bits per heavy atom. The number of methoxy groups -OCH3 is 1. The number of nitrogens with two attached hydrogens (primary N) is 1. The number of nitrogens with zero attached hydrogens (tertiary/aromatic N) is 1. The summed E-state index contributed by atoms with van der Waals surface area (Å²) in [5.74, 6) is 1.79. The standard InChI is InChI=1S/C14H22N2O/c1-16(10-12(15)9-11-3-4-11)13-5-7-14(17-2)8-6-13/h5-8,11-12H,3-4,9-10,15H2,1-2H3. The Balaban J connectivity index is 1.86. The summed E-state index contributed by atoms with van der Waals surface area (Å²) in [6.07, 6.45) is 3.92. The first kappa shape index (κ1) is 12.2. The fraction of sp³-hybridized carbons (Fsp3) is 0.571. The van der Waals surface area contributed by atoms with E-state index in [1.54, 1.807) is 7.11 Å². The third kappa shape index (κ3) is 3.63. The average molecular weight is 234 g/mol. The van der Waals surface area contributed by atoms with Crippen LogP contribution in [0.15, 0.2) is 24.3 Å². The lowest BCUT2D eigenvalue weighted by atomic mass is 10.1. The molecule has 0 aromatic heterocycles. The summed E-state index contributed by atoms with van der Waals surface area (Å²) in [5.41, 5.74) is 7.33. The zero-order chi connectivity index (χ0) is 12.3. The summed E-state index contributed by atoms with van der Waals surface area (Å²) >= 11 is 0. The molecule has 0 aliphatic heterocycles. The van der Waals surface area contributed by atoms with E-state index in [2.05, 4.69) is 24.1 Å². The smallest absolute Gasteiger partial charge is 0.119 e. The second-order valence-electron chi connectivity index (χ2n) is 5.02. The molecule has 0 bridgehead atoms. The minimum Gasteiger partial charge on any atom is -0.497 e. The second-order valence-corrected chi connectivity index (χ2v) is 5.02. The fourth-order valence-corrected chi connectivity index (χ4v) is 2.15. The van der Waals surface area contributed by atoms with Gasteiger partial charge in [-0.05, 0) is 36.6 Å². The van der Waals surface area contributed by atoms with E-state index in [9.17, 15) is 0 Å². The number of hydrogen-bond acceptors (Lipinski definition) is 3. The normalized spacial score (nSPS) is 16.6. The van der Waals surface area contributed by atoms with E-state index in [1.165, 1.54) is 24.9 Å². The van der Waals surface area contributed by atoms with Crippen LogP contribution in [0.25, 0.3) is 0 Å². The van der Waals surface area contributed by atoms with Crippen molar-refractivity contribution < 1.29 is 4.74 Å². The first-order valence-corrected chi connectivity index (χ1v) is 6.30. The van der Waals surface area contributed by atoms with Crippen LogP contribution in [0, 0.1) is 5.92 Å². The third-order valence-corrected chi connectivity index (χ3v) is 3.35. The van der Waals surface area contributed by atoms with Gasteiger partial charge in [0.1, 0.15) is 5.75 Å². The molecule has 0 spiro atoms. The van der Waals surface area contributed by atoms with E-state index in [1.807, 2.05) is 12.1 Å². The van der Waals surface area contributed by atoms with Crippen molar-refractivity contribution in [3.05, 3.63) is 24.3 Å². The van der Waals surface area contributed by atoms with Crippen molar-refractivity contribution in [1.82, 2.24) is 0 Å². The van der Waals surface area contributed by atoms with E-state index in [4.69, 9.17) is 10.5 Å². The van der Waals surface area contributed by atoms with Gasteiger partial charge in [-0.2, -0.15) is 0 Å². The molecule has 1 unspecified atom stereocenters. The van der Waals surface area contributed by atoms with Gasteiger partial charge in [-0.25, -0.2) is 0 Å². The van der Waals surface area contributed by atoms with Gasteiger partial charge in [0.25, 0.3) is 0 Å². The lowest BCUT2D eigenvalue weighted by Gasteiger charge is -2.23. The van der Waals surface area contributed by atoms with Crippen LogP contribution < -0.4 is 15.4 Å². The SMILES string of the molecule is COc1ccc(N(C)CC(N)CC2CC2)cc1. The molecular formula is C14H22N2O. The molecule has 0 amide bonds. The van der Waals surface area contributed by atoms with Crippen molar-refractivity contribution in [2.45, 2.75) is 25.3 Å². The molecule has 1 fully saturated rings. The maximum Gasteiger partial charge on any atom is 0.119 e. The monoisotopic (exact) mass is 234 g/mol. The fourth-order valence-electron chi connectivity index (χ4n) is 2.15. The van der Waals surface area contributed by atoms with Crippen LogP contribution in [-0.2, 0) is 0 Å². The highest BCUT2D eigenvalue weighted by atomic mass is 16.5. The summed E-state index contributed by atoms with van der Waals surface area (Å²) < 4.78 is 5.15. The predicted octanol–water partition coefficient (Wildman–Crippen LogP) is 2.26. The summed E-state index contributed by atoms with van der Waals surface area (Å²) in [6, 6.07) is 8.40. The van der Waals surface area contributed by atoms with Gasteiger partial charge in [0.15, 0.2) is 0 Å². The van der Waals surface area contributed by atoms with Crippen molar-refractivity contribution in [1.29, 1.82) is 0 Å². The van der Waals surface area contributed by atoms with Crippen LogP contribution in [-0.4, -0.2) is 26.7 Å². The van der Waals surface area contributed by atoms with Gasteiger partial charge in [0, 0.05) is 25.3 Å². The van der Waals surface area contributed by atoms with Gasteiger partial charge in [-0.15, -0.1) is 0 Å². The first-order chi connectivity index (χ1) is 8.19.